The summed E-state index contributed by atoms with van der Waals surface area (Å²) in [5.41, 5.74) is 6.06. The molecule has 0 saturated carbocycles. The minimum Gasteiger partial charge on any atom is -0.488 e. The Bertz CT molecular complexity index is 1390. The van der Waals surface area contributed by atoms with Crippen molar-refractivity contribution in [1.29, 1.82) is 0 Å². The summed E-state index contributed by atoms with van der Waals surface area (Å²) in [7, 11) is 1.37. The van der Waals surface area contributed by atoms with Crippen molar-refractivity contribution >= 4 is 45.8 Å². The van der Waals surface area contributed by atoms with Crippen molar-refractivity contribution < 1.29 is 14.3 Å². The van der Waals surface area contributed by atoms with Crippen molar-refractivity contribution in [2.45, 2.75) is 13.2 Å². The van der Waals surface area contributed by atoms with E-state index >= 15 is 0 Å². The van der Waals surface area contributed by atoms with Gasteiger partial charge in [-0.15, -0.1) is 0 Å². The Kier molecular flexibility index (Phi) is 5.37. The number of ether oxygens (including phenoxy) is 2. The van der Waals surface area contributed by atoms with E-state index in [-0.39, 0.29) is 0 Å². The SMILES string of the molecule is COC(=O)c1ccc2c(c1)/C(=C/Cn1cnc3cc(Cl)c(Cl)cc31)c1ccccc1CO2. The van der Waals surface area contributed by atoms with Gasteiger partial charge in [0.05, 0.1) is 40.1 Å². The van der Waals surface area contributed by atoms with Crippen molar-refractivity contribution in [3.8, 4) is 5.75 Å². The number of aromatic nitrogens is 2. The van der Waals surface area contributed by atoms with Gasteiger partial charge in [-0.1, -0.05) is 53.5 Å². The third kappa shape index (κ3) is 3.64. The number of methoxy groups -OCH3 is 1. The Labute approximate surface area is 194 Å². The lowest BCUT2D eigenvalue weighted by Gasteiger charge is -2.12. The first-order valence-electron chi connectivity index (χ1n) is 9.99. The Hall–Kier alpha value is -3.28. The molecule has 4 aromatic rings. The molecule has 0 saturated heterocycles. The van der Waals surface area contributed by atoms with Crippen LogP contribution in [0.4, 0.5) is 0 Å². The van der Waals surface area contributed by atoms with Crippen LogP contribution in [0, 0.1) is 0 Å². The molecule has 0 N–H and O–H groups in total. The van der Waals surface area contributed by atoms with E-state index in [1.165, 1.54) is 7.11 Å². The molecule has 5 rings (SSSR count). The van der Waals surface area contributed by atoms with Gasteiger partial charge in [0.1, 0.15) is 12.4 Å². The summed E-state index contributed by atoms with van der Waals surface area (Å²) in [5, 5.41) is 0.955. The molecule has 0 atom stereocenters. The first-order chi connectivity index (χ1) is 15.5. The molecule has 0 unspecified atom stereocenters. The van der Waals surface area contributed by atoms with E-state index in [1.807, 2.05) is 41.0 Å². The number of benzene rings is 3. The third-order valence-electron chi connectivity index (χ3n) is 5.54. The first kappa shape index (κ1) is 20.6. The van der Waals surface area contributed by atoms with Crippen LogP contribution in [0.2, 0.25) is 10.0 Å². The maximum atomic E-state index is 12.2. The Morgan fingerprint density at radius 2 is 1.94 bits per heavy atom. The summed E-state index contributed by atoms with van der Waals surface area (Å²) in [6.07, 6.45) is 3.87. The predicted octanol–water partition coefficient (Wildman–Crippen LogP) is 6.15. The van der Waals surface area contributed by atoms with E-state index in [2.05, 4.69) is 17.1 Å². The first-order valence-corrected chi connectivity index (χ1v) is 10.7. The maximum Gasteiger partial charge on any atom is 0.337 e. The average Bonchev–Trinajstić information content (AvgIpc) is 3.11. The molecule has 0 amide bonds. The molecule has 1 aliphatic rings. The van der Waals surface area contributed by atoms with Crippen LogP contribution in [0.25, 0.3) is 16.6 Å². The van der Waals surface area contributed by atoms with Crippen molar-refractivity contribution in [1.82, 2.24) is 9.55 Å². The van der Waals surface area contributed by atoms with E-state index in [9.17, 15) is 4.79 Å². The standard InChI is InChI=1S/C25H18Cl2N2O3/c1-31-25(30)15-6-7-24-19(10-15)18(17-5-3-2-4-16(17)13-32-24)8-9-29-14-28-22-11-20(26)21(27)12-23(22)29/h2-8,10-12,14H,9,13H2,1H3/b18-8+. The molecule has 3 aromatic carbocycles. The number of nitrogens with zero attached hydrogens (tertiary/aromatic N) is 2. The number of carbonyl (C=O) groups is 1. The van der Waals surface area contributed by atoms with E-state index < -0.39 is 5.97 Å². The van der Waals surface area contributed by atoms with Crippen LogP contribution in [0.1, 0.15) is 27.0 Å². The summed E-state index contributed by atoms with van der Waals surface area (Å²) < 4.78 is 13.0. The quantitative estimate of drug-likeness (QED) is 0.341. The fourth-order valence-corrected chi connectivity index (χ4v) is 4.24. The zero-order valence-corrected chi connectivity index (χ0v) is 18.7. The van der Waals surface area contributed by atoms with Crippen LogP contribution in [0.15, 0.2) is 67.0 Å². The summed E-state index contributed by atoms with van der Waals surface area (Å²) in [5.74, 6) is 0.322. The Morgan fingerprint density at radius 3 is 2.78 bits per heavy atom. The van der Waals surface area contributed by atoms with Gasteiger partial charge in [0.25, 0.3) is 0 Å². The molecule has 32 heavy (non-hydrogen) atoms. The summed E-state index contributed by atoms with van der Waals surface area (Å²) >= 11 is 12.4. The lowest BCUT2D eigenvalue weighted by Crippen LogP contribution is -2.03. The zero-order chi connectivity index (χ0) is 22.2. The molecule has 160 valence electrons. The van der Waals surface area contributed by atoms with Gasteiger partial charge in [0.2, 0.25) is 0 Å². The topological polar surface area (TPSA) is 53.4 Å². The lowest BCUT2D eigenvalue weighted by molar-refractivity contribution is 0.0600. The van der Waals surface area contributed by atoms with E-state index in [0.29, 0.717) is 34.5 Å². The van der Waals surface area contributed by atoms with Gasteiger partial charge in [0, 0.05) is 12.1 Å². The molecular weight excluding hydrogens is 447 g/mol. The summed E-state index contributed by atoms with van der Waals surface area (Å²) in [6.45, 7) is 0.986. The van der Waals surface area contributed by atoms with Gasteiger partial charge >= 0.3 is 5.97 Å². The van der Waals surface area contributed by atoms with Crippen molar-refractivity contribution in [3.05, 3.63) is 99.3 Å². The van der Waals surface area contributed by atoms with Crippen LogP contribution in [0.3, 0.4) is 0 Å². The minimum atomic E-state index is -0.392. The monoisotopic (exact) mass is 464 g/mol. The number of allylic oxidation sites excluding steroid dienone is 1. The van der Waals surface area contributed by atoms with Gasteiger partial charge < -0.3 is 14.0 Å². The van der Waals surface area contributed by atoms with Crippen LogP contribution < -0.4 is 4.74 Å². The maximum absolute atomic E-state index is 12.2. The number of imidazole rings is 1. The number of esters is 1. The lowest BCUT2D eigenvalue weighted by atomic mass is 9.93. The summed E-state index contributed by atoms with van der Waals surface area (Å²) in [6, 6.07) is 17.0. The third-order valence-corrected chi connectivity index (χ3v) is 6.26. The fraction of sp³-hybridized carbons (Fsp3) is 0.120. The smallest absolute Gasteiger partial charge is 0.337 e. The average molecular weight is 465 g/mol. The molecular formula is C25H18Cl2N2O3. The van der Waals surface area contributed by atoms with Crippen molar-refractivity contribution in [3.63, 3.8) is 0 Å². The number of hydrogen-bond acceptors (Lipinski definition) is 4. The van der Waals surface area contributed by atoms with Crippen LogP contribution in [-0.4, -0.2) is 22.6 Å². The minimum absolute atomic E-state index is 0.392. The van der Waals surface area contributed by atoms with E-state index in [1.54, 1.807) is 18.5 Å². The Balaban J connectivity index is 1.65. The number of rotatable bonds is 3. The summed E-state index contributed by atoms with van der Waals surface area (Å²) in [4.78, 5) is 16.6. The molecule has 1 aromatic heterocycles. The second-order valence-electron chi connectivity index (χ2n) is 7.42. The van der Waals surface area contributed by atoms with Gasteiger partial charge in [-0.25, -0.2) is 9.78 Å². The fourth-order valence-electron chi connectivity index (χ4n) is 3.93. The molecule has 1 aliphatic heterocycles. The van der Waals surface area contributed by atoms with E-state index in [4.69, 9.17) is 32.7 Å². The second kappa shape index (κ2) is 8.34. The molecule has 0 radical (unpaired) electrons. The molecule has 0 fully saturated rings. The molecule has 5 nitrogen and oxygen atoms in total. The molecule has 0 spiro atoms. The van der Waals surface area contributed by atoms with Crippen molar-refractivity contribution in [2.24, 2.45) is 0 Å². The molecule has 2 heterocycles. The van der Waals surface area contributed by atoms with Crippen LogP contribution in [-0.2, 0) is 17.9 Å². The number of halogens is 2. The largest absolute Gasteiger partial charge is 0.488 e. The van der Waals surface area contributed by atoms with Gasteiger partial charge in [-0.05, 0) is 47.0 Å². The normalized spacial score (nSPS) is 13.9. The van der Waals surface area contributed by atoms with Crippen LogP contribution >= 0.6 is 23.2 Å². The highest BCUT2D eigenvalue weighted by Crippen LogP contribution is 2.37. The van der Waals surface area contributed by atoms with E-state index in [0.717, 1.165) is 33.3 Å². The zero-order valence-electron chi connectivity index (χ0n) is 17.1. The second-order valence-corrected chi connectivity index (χ2v) is 8.23. The molecule has 0 aliphatic carbocycles. The number of carbonyl (C=O) groups excluding carboxylic acids is 1. The highest BCUT2D eigenvalue weighted by atomic mass is 35.5. The highest BCUT2D eigenvalue weighted by molar-refractivity contribution is 6.42. The number of hydrogen-bond donors (Lipinski definition) is 0. The van der Waals surface area contributed by atoms with Gasteiger partial charge in [-0.2, -0.15) is 0 Å². The van der Waals surface area contributed by atoms with Crippen LogP contribution in [0.5, 0.6) is 5.75 Å². The predicted molar refractivity (Wildman–Crippen MR) is 125 cm³/mol. The van der Waals surface area contributed by atoms with Gasteiger partial charge in [0.15, 0.2) is 0 Å². The van der Waals surface area contributed by atoms with Crippen molar-refractivity contribution in [2.75, 3.05) is 7.11 Å². The molecule has 0 bridgehead atoms. The highest BCUT2D eigenvalue weighted by Gasteiger charge is 2.21. The van der Waals surface area contributed by atoms with Gasteiger partial charge in [-0.3, -0.25) is 0 Å². The number of fused-ring (bicyclic) bond motifs is 3. The molecule has 7 heteroatoms. The Morgan fingerprint density at radius 1 is 1.12 bits per heavy atom.